The van der Waals surface area contributed by atoms with Crippen molar-refractivity contribution in [3.63, 3.8) is 0 Å². The van der Waals surface area contributed by atoms with Crippen LogP contribution in [0.5, 0.6) is 5.75 Å². The molecule has 0 N–H and O–H groups in total. The average molecular weight is 526 g/mol. The summed E-state index contributed by atoms with van der Waals surface area (Å²) >= 11 is 1.44. The van der Waals surface area contributed by atoms with Crippen molar-refractivity contribution in [2.45, 2.75) is 11.8 Å². The van der Waals surface area contributed by atoms with E-state index in [1.807, 2.05) is 25.1 Å². The summed E-state index contributed by atoms with van der Waals surface area (Å²) in [6.07, 6.45) is 1.15. The molecule has 0 atom stereocenters. The molecule has 4 rings (SSSR count). The highest BCUT2D eigenvalue weighted by molar-refractivity contribution is 7.90. The molecule has 34 heavy (non-hydrogen) atoms. The van der Waals surface area contributed by atoms with E-state index in [9.17, 15) is 13.2 Å². The van der Waals surface area contributed by atoms with E-state index >= 15 is 0 Å². The zero-order valence-corrected chi connectivity index (χ0v) is 21.5. The lowest BCUT2D eigenvalue weighted by Crippen LogP contribution is -2.43. The third kappa shape index (κ3) is 6.05. The quantitative estimate of drug-likeness (QED) is 0.444. The summed E-state index contributed by atoms with van der Waals surface area (Å²) < 4.78 is 35.7. The highest BCUT2D eigenvalue weighted by Crippen LogP contribution is 2.34. The number of anilines is 1. The Morgan fingerprint density at radius 2 is 1.88 bits per heavy atom. The molecule has 3 aromatic rings. The Kier molecular flexibility index (Phi) is 8.89. The molecule has 2 aromatic carbocycles. The number of halogens is 1. The van der Waals surface area contributed by atoms with E-state index in [4.69, 9.17) is 14.5 Å². The summed E-state index contributed by atoms with van der Waals surface area (Å²) in [5.41, 5.74) is 1.14. The van der Waals surface area contributed by atoms with Gasteiger partial charge in [-0.25, -0.2) is 13.4 Å². The fourth-order valence-electron chi connectivity index (χ4n) is 3.65. The van der Waals surface area contributed by atoms with E-state index in [1.54, 1.807) is 17.0 Å². The van der Waals surface area contributed by atoms with Gasteiger partial charge in [-0.15, -0.1) is 12.4 Å². The van der Waals surface area contributed by atoms with Gasteiger partial charge < -0.3 is 9.47 Å². The van der Waals surface area contributed by atoms with Gasteiger partial charge >= 0.3 is 0 Å². The molecule has 0 unspecified atom stereocenters. The maximum Gasteiger partial charge on any atom is 0.260 e. The Morgan fingerprint density at radius 3 is 2.53 bits per heavy atom. The van der Waals surface area contributed by atoms with Gasteiger partial charge in [0, 0.05) is 38.0 Å². The number of fused-ring (bicyclic) bond motifs is 1. The molecule has 2 heterocycles. The molecule has 184 valence electrons. The predicted octanol–water partition coefficient (Wildman–Crippen LogP) is 3.50. The summed E-state index contributed by atoms with van der Waals surface area (Å²) in [5.74, 6) is 0.468. The highest BCUT2D eigenvalue weighted by atomic mass is 35.5. The zero-order valence-electron chi connectivity index (χ0n) is 19.1. The molecular formula is C23H28ClN3O5S2. The van der Waals surface area contributed by atoms with E-state index in [-0.39, 0.29) is 23.2 Å². The van der Waals surface area contributed by atoms with Crippen LogP contribution in [-0.4, -0.2) is 76.5 Å². The molecule has 11 heteroatoms. The molecule has 1 saturated heterocycles. The van der Waals surface area contributed by atoms with Crippen molar-refractivity contribution < 1.29 is 22.7 Å². The summed E-state index contributed by atoms with van der Waals surface area (Å²) in [5, 5.41) is 0.586. The van der Waals surface area contributed by atoms with Crippen LogP contribution < -0.4 is 9.64 Å². The second-order valence-electron chi connectivity index (χ2n) is 7.74. The van der Waals surface area contributed by atoms with Crippen molar-refractivity contribution in [3.8, 4) is 5.75 Å². The highest BCUT2D eigenvalue weighted by Gasteiger charge is 2.24. The van der Waals surface area contributed by atoms with Crippen LogP contribution in [0.15, 0.2) is 47.4 Å². The standard InChI is InChI=1S/C23H27N3O5S2.ClH/c1-3-31-19-5-4-6-20-21(19)24-23(32-20)26(12-11-25-13-15-30-16-14-25)22(27)17-7-9-18(10-8-17)33(2,28)29;/h4-10H,3,11-16H2,1-2H3;1H. The van der Waals surface area contributed by atoms with Crippen molar-refractivity contribution >= 4 is 54.8 Å². The Bertz CT molecular complexity index is 1230. The minimum Gasteiger partial charge on any atom is -0.492 e. The van der Waals surface area contributed by atoms with E-state index in [0.29, 0.717) is 49.4 Å². The third-order valence-corrected chi connectivity index (χ3v) is 7.59. The minimum absolute atomic E-state index is 0. The first-order valence-electron chi connectivity index (χ1n) is 10.8. The van der Waals surface area contributed by atoms with Crippen molar-refractivity contribution in [2.24, 2.45) is 0 Å². The molecule has 0 saturated carbocycles. The molecule has 0 aliphatic carbocycles. The second kappa shape index (κ2) is 11.5. The van der Waals surface area contributed by atoms with Gasteiger partial charge in [-0.1, -0.05) is 17.4 Å². The number of carbonyl (C=O) groups is 1. The summed E-state index contributed by atoms with van der Waals surface area (Å²) in [6, 6.07) is 11.8. The lowest BCUT2D eigenvalue weighted by molar-refractivity contribution is 0.0391. The van der Waals surface area contributed by atoms with Crippen LogP contribution in [0.4, 0.5) is 5.13 Å². The molecule has 1 aromatic heterocycles. The number of thiazole rings is 1. The fourth-order valence-corrected chi connectivity index (χ4v) is 5.29. The molecule has 0 radical (unpaired) electrons. The molecule has 0 bridgehead atoms. The molecule has 1 amide bonds. The predicted molar refractivity (Wildman–Crippen MR) is 137 cm³/mol. The first kappa shape index (κ1) is 26.4. The number of ether oxygens (including phenoxy) is 2. The molecular weight excluding hydrogens is 498 g/mol. The first-order chi connectivity index (χ1) is 15.9. The van der Waals surface area contributed by atoms with Gasteiger partial charge in [-0.05, 0) is 43.3 Å². The van der Waals surface area contributed by atoms with Crippen LogP contribution in [0, 0.1) is 0 Å². The van der Waals surface area contributed by atoms with Crippen molar-refractivity contribution in [1.82, 2.24) is 9.88 Å². The van der Waals surface area contributed by atoms with Gasteiger partial charge in [0.15, 0.2) is 15.0 Å². The Labute approximate surface area is 209 Å². The lowest BCUT2D eigenvalue weighted by Gasteiger charge is -2.29. The number of rotatable bonds is 8. The number of amides is 1. The van der Waals surface area contributed by atoms with Crippen molar-refractivity contribution in [2.75, 3.05) is 57.2 Å². The van der Waals surface area contributed by atoms with E-state index in [1.165, 1.54) is 23.5 Å². The molecule has 0 spiro atoms. The maximum absolute atomic E-state index is 13.5. The summed E-state index contributed by atoms with van der Waals surface area (Å²) in [6.45, 7) is 6.59. The van der Waals surface area contributed by atoms with E-state index < -0.39 is 9.84 Å². The largest absolute Gasteiger partial charge is 0.492 e. The Balaban J connectivity index is 0.00000324. The summed E-state index contributed by atoms with van der Waals surface area (Å²) in [4.78, 5) is 22.4. The van der Waals surface area contributed by atoms with Gasteiger partial charge in [0.05, 0.1) is 29.4 Å². The van der Waals surface area contributed by atoms with E-state index in [2.05, 4.69) is 4.90 Å². The number of sulfone groups is 1. The number of hydrogen-bond acceptors (Lipinski definition) is 8. The first-order valence-corrected chi connectivity index (χ1v) is 13.5. The van der Waals surface area contributed by atoms with Crippen molar-refractivity contribution in [1.29, 1.82) is 0 Å². The van der Waals surface area contributed by atoms with Gasteiger partial charge in [-0.2, -0.15) is 0 Å². The monoisotopic (exact) mass is 525 g/mol. The smallest absolute Gasteiger partial charge is 0.260 e. The van der Waals surface area contributed by atoms with Crippen LogP contribution in [0.3, 0.4) is 0 Å². The number of morpholine rings is 1. The van der Waals surface area contributed by atoms with Crippen molar-refractivity contribution in [3.05, 3.63) is 48.0 Å². The molecule has 1 aliphatic rings. The van der Waals surface area contributed by atoms with Gasteiger partial charge in [-0.3, -0.25) is 14.6 Å². The number of benzene rings is 2. The van der Waals surface area contributed by atoms with E-state index in [0.717, 1.165) is 29.6 Å². The molecule has 1 aliphatic heterocycles. The molecule has 1 fully saturated rings. The lowest BCUT2D eigenvalue weighted by atomic mass is 10.2. The maximum atomic E-state index is 13.5. The summed E-state index contributed by atoms with van der Waals surface area (Å²) in [7, 11) is -3.34. The van der Waals surface area contributed by atoms with Crippen LogP contribution in [0.2, 0.25) is 0 Å². The SMILES string of the molecule is CCOc1cccc2sc(N(CCN3CCOCC3)C(=O)c3ccc(S(C)(=O)=O)cc3)nc12.Cl. The second-order valence-corrected chi connectivity index (χ2v) is 10.8. The average Bonchev–Trinajstić information content (AvgIpc) is 3.24. The normalized spacial score (nSPS) is 14.5. The van der Waals surface area contributed by atoms with Crippen LogP contribution in [0.1, 0.15) is 17.3 Å². The van der Waals surface area contributed by atoms with Gasteiger partial charge in [0.2, 0.25) is 0 Å². The Hall–Kier alpha value is -2.24. The van der Waals surface area contributed by atoms with Gasteiger partial charge in [0.1, 0.15) is 11.3 Å². The number of carbonyl (C=O) groups excluding carboxylic acids is 1. The van der Waals surface area contributed by atoms with Crippen LogP contribution in [0.25, 0.3) is 10.2 Å². The zero-order chi connectivity index (χ0) is 23.4. The minimum atomic E-state index is -3.34. The molecule has 8 nitrogen and oxygen atoms in total. The van der Waals surface area contributed by atoms with Crippen LogP contribution in [-0.2, 0) is 14.6 Å². The number of hydrogen-bond donors (Lipinski definition) is 0. The Morgan fingerprint density at radius 1 is 1.18 bits per heavy atom. The fraction of sp³-hybridized carbons (Fsp3) is 0.391. The third-order valence-electron chi connectivity index (χ3n) is 5.42. The number of aromatic nitrogens is 1. The van der Waals surface area contributed by atoms with Gasteiger partial charge in [0.25, 0.3) is 5.91 Å². The van der Waals surface area contributed by atoms with Crippen LogP contribution >= 0.6 is 23.7 Å². The topological polar surface area (TPSA) is 89.0 Å². The number of nitrogens with zero attached hydrogens (tertiary/aromatic N) is 3. The number of para-hydroxylation sites is 1.